The predicted molar refractivity (Wildman–Crippen MR) is 277 cm³/mol. The third kappa shape index (κ3) is 17.9. The van der Waals surface area contributed by atoms with Crippen LogP contribution in [-0.2, 0) is 64.0 Å². The van der Waals surface area contributed by atoms with Crippen LogP contribution in [0.25, 0.3) is 10.9 Å². The van der Waals surface area contributed by atoms with E-state index in [1.807, 2.05) is 0 Å². The molecule has 3 heterocycles. The lowest BCUT2D eigenvalue weighted by Gasteiger charge is -2.32. The molecule has 17 N–H and O–H groups in total. The summed E-state index contributed by atoms with van der Waals surface area (Å²) < 4.78 is 0. The fourth-order valence-electron chi connectivity index (χ4n) is 9.14. The average Bonchev–Trinajstić information content (AvgIpc) is 4.19. The fraction of sp³-hybridized carbons (Fsp3) is 0.600. The normalized spacial score (nSPS) is 17.9. The number of aromatic amines is 1. The van der Waals surface area contributed by atoms with Crippen LogP contribution >= 0.6 is 0 Å². The topological polar surface area (TPSA) is 450 Å². The Morgan fingerprint density at radius 3 is 1.76 bits per heavy atom. The number of nitrogens with two attached hydrogens (primary N) is 3. The second-order valence-electron chi connectivity index (χ2n) is 20.2. The molecule has 0 radical (unpaired) electrons. The molecule has 2 fully saturated rings. The number of aromatic nitrogens is 1. The highest BCUT2D eigenvalue weighted by atomic mass is 16.4. The number of hydrogen-bond donors (Lipinski definition) is 14. The molecule has 0 saturated carbocycles. The predicted octanol–water partition coefficient (Wildman–Crippen LogP) is -4.65. The molecule has 0 aliphatic carbocycles. The number of hydrogen-bond acceptors (Lipinski definition) is 15. The van der Waals surface area contributed by atoms with Gasteiger partial charge in [0.2, 0.25) is 65.0 Å². The summed E-state index contributed by atoms with van der Waals surface area (Å²) in [5.41, 5.74) is 17.4. The number of likely N-dealkylation sites (tertiary alicyclic amines) is 2. The van der Waals surface area contributed by atoms with Crippen LogP contribution in [0.4, 0.5) is 0 Å². The standard InChI is InChI=1S/C50H75N13O15/c1-25(2)19-32(58-48(75)36-11-7-18-63(36)49(76)37-12-8-17-62(37)40(68)22-55-42(69)29(51)13-15-38(52)66)44(71)59-35(24-65)47(74)57-33(20-27-21-54-30-10-6-5-9-28(27)30)45(72)60-34(23-64)46(73)56-31(14-16-39(53)67)43(70)61-41(26(3)4)50(77)78/h5-6,9-10,21,25-26,29,31-37,41,54,64-65H,7-8,11-20,22-24,51H2,1-4H3,(H2,52,66)(H2,53,67)(H,55,69)(H,56,73)(H,57,74)(H,58,75)(H,59,71)(H,60,72)(H,61,70)(H,77,78)/t29-,31-,32-,33-,34-,35-,36-,37-,41-/m0/s1. The Bertz CT molecular complexity index is 2520. The van der Waals surface area contributed by atoms with Gasteiger partial charge in [-0.05, 0) is 68.4 Å². The van der Waals surface area contributed by atoms with Crippen LogP contribution in [0.15, 0.2) is 30.5 Å². The molecule has 0 bridgehead atoms. The van der Waals surface area contributed by atoms with Gasteiger partial charge in [0.25, 0.3) is 0 Å². The summed E-state index contributed by atoms with van der Waals surface area (Å²) in [5.74, 6) is -11.3. The van der Waals surface area contributed by atoms with Gasteiger partial charge in [-0.3, -0.25) is 52.7 Å². The van der Waals surface area contributed by atoms with Gasteiger partial charge < -0.3 is 84.5 Å². The number of benzene rings is 1. The second-order valence-corrected chi connectivity index (χ2v) is 20.2. The number of aliphatic hydroxyl groups excluding tert-OH is 2. The summed E-state index contributed by atoms with van der Waals surface area (Å²) in [6.45, 7) is 4.42. The van der Waals surface area contributed by atoms with Gasteiger partial charge in [-0.25, -0.2) is 4.79 Å². The molecule has 78 heavy (non-hydrogen) atoms. The molecular weight excluding hydrogens is 1020 g/mol. The number of aliphatic hydroxyl groups is 2. The van der Waals surface area contributed by atoms with Crippen LogP contribution in [-0.4, -0.2) is 188 Å². The van der Waals surface area contributed by atoms with Crippen molar-refractivity contribution in [2.24, 2.45) is 29.0 Å². The molecule has 28 heteroatoms. The van der Waals surface area contributed by atoms with Crippen LogP contribution in [0, 0.1) is 11.8 Å². The van der Waals surface area contributed by atoms with E-state index in [0.717, 1.165) is 0 Å². The number of fused-ring (bicyclic) bond motifs is 1. The van der Waals surface area contributed by atoms with Crippen molar-refractivity contribution in [2.45, 2.75) is 146 Å². The van der Waals surface area contributed by atoms with Gasteiger partial charge in [-0.2, -0.15) is 0 Å². The van der Waals surface area contributed by atoms with Crippen LogP contribution in [0.2, 0.25) is 0 Å². The minimum Gasteiger partial charge on any atom is -0.480 e. The van der Waals surface area contributed by atoms with Crippen molar-refractivity contribution in [2.75, 3.05) is 32.8 Å². The van der Waals surface area contributed by atoms with E-state index in [4.69, 9.17) is 17.2 Å². The molecule has 2 aliphatic rings. The third-order valence-corrected chi connectivity index (χ3v) is 13.4. The molecule has 430 valence electrons. The van der Waals surface area contributed by atoms with Gasteiger partial charge in [-0.1, -0.05) is 45.9 Å². The maximum Gasteiger partial charge on any atom is 0.326 e. The van der Waals surface area contributed by atoms with Crippen LogP contribution < -0.4 is 54.4 Å². The molecule has 9 atom stereocenters. The summed E-state index contributed by atoms with van der Waals surface area (Å²) in [4.78, 5) is 163. The van der Waals surface area contributed by atoms with Gasteiger partial charge >= 0.3 is 5.97 Å². The van der Waals surface area contributed by atoms with E-state index < -0.39 is 157 Å². The van der Waals surface area contributed by atoms with Crippen molar-refractivity contribution in [1.82, 2.24) is 52.0 Å². The number of nitrogens with one attached hydrogen (secondary N) is 8. The lowest BCUT2D eigenvalue weighted by molar-refractivity contribution is -0.147. The van der Waals surface area contributed by atoms with E-state index >= 15 is 0 Å². The SMILES string of the molecule is CC(C)C[C@H](NC(=O)[C@@H]1CCCN1C(=O)[C@@H]1CCCN1C(=O)CNC(=O)[C@@H](N)CCC(N)=O)C(=O)N[C@@H](CO)C(=O)N[C@@H](Cc1c[nH]c2ccccc12)C(=O)N[C@@H](CO)C(=O)N[C@@H](CCC(N)=O)C(=O)N[C@H](C(=O)O)C(C)C. The number of carbonyl (C=O) groups is 12. The summed E-state index contributed by atoms with van der Waals surface area (Å²) in [5, 5.41) is 48.1. The van der Waals surface area contributed by atoms with Crippen molar-refractivity contribution < 1.29 is 72.9 Å². The van der Waals surface area contributed by atoms with E-state index in [1.165, 1.54) is 23.6 Å². The lowest BCUT2D eigenvalue weighted by atomic mass is 10.0. The average molecular weight is 1100 g/mol. The van der Waals surface area contributed by atoms with Gasteiger partial charge in [0.05, 0.1) is 25.8 Å². The molecule has 11 amide bonds. The molecule has 0 spiro atoms. The Kier molecular flexibility index (Phi) is 23.9. The molecule has 4 rings (SSSR count). The maximum atomic E-state index is 14.2. The number of aliphatic carboxylic acids is 1. The van der Waals surface area contributed by atoms with Crippen molar-refractivity contribution in [3.8, 4) is 0 Å². The Hall–Kier alpha value is -7.72. The molecule has 0 unspecified atom stereocenters. The first kappa shape index (κ1) is 62.8. The summed E-state index contributed by atoms with van der Waals surface area (Å²) >= 11 is 0. The van der Waals surface area contributed by atoms with Crippen molar-refractivity contribution in [3.63, 3.8) is 0 Å². The quantitative estimate of drug-likeness (QED) is 0.0350. The Morgan fingerprint density at radius 1 is 0.654 bits per heavy atom. The lowest BCUT2D eigenvalue weighted by Crippen LogP contribution is -2.61. The fourth-order valence-corrected chi connectivity index (χ4v) is 9.14. The first-order valence-electron chi connectivity index (χ1n) is 25.9. The van der Waals surface area contributed by atoms with E-state index in [-0.39, 0.29) is 64.0 Å². The van der Waals surface area contributed by atoms with Gasteiger partial charge in [0.1, 0.15) is 48.3 Å². The van der Waals surface area contributed by atoms with Gasteiger partial charge in [0, 0.05) is 49.5 Å². The molecule has 2 aliphatic heterocycles. The monoisotopic (exact) mass is 1100 g/mol. The van der Waals surface area contributed by atoms with Crippen molar-refractivity contribution in [1.29, 1.82) is 0 Å². The van der Waals surface area contributed by atoms with Gasteiger partial charge in [0.15, 0.2) is 0 Å². The number of rotatable bonds is 30. The molecule has 1 aromatic carbocycles. The van der Waals surface area contributed by atoms with Crippen LogP contribution in [0.3, 0.4) is 0 Å². The largest absolute Gasteiger partial charge is 0.480 e. The van der Waals surface area contributed by atoms with E-state index in [2.05, 4.69) is 42.2 Å². The summed E-state index contributed by atoms with van der Waals surface area (Å²) in [6, 6.07) is -5.51. The second kappa shape index (κ2) is 29.7. The highest BCUT2D eigenvalue weighted by molar-refractivity contribution is 5.99. The zero-order valence-electron chi connectivity index (χ0n) is 44.2. The summed E-state index contributed by atoms with van der Waals surface area (Å²) in [7, 11) is 0. The molecule has 2 saturated heterocycles. The number of para-hydroxylation sites is 1. The number of carbonyl (C=O) groups excluding carboxylic acids is 11. The molecule has 1 aromatic heterocycles. The molecule has 2 aromatic rings. The highest BCUT2D eigenvalue weighted by Gasteiger charge is 2.43. The highest BCUT2D eigenvalue weighted by Crippen LogP contribution is 2.26. The van der Waals surface area contributed by atoms with Crippen LogP contribution in [0.1, 0.15) is 91.0 Å². The maximum absolute atomic E-state index is 14.2. The van der Waals surface area contributed by atoms with Crippen molar-refractivity contribution >= 4 is 81.9 Å². The number of H-pyrrole nitrogens is 1. The van der Waals surface area contributed by atoms with E-state index in [1.54, 1.807) is 44.3 Å². The molecule has 28 nitrogen and oxygen atoms in total. The number of carboxylic acids is 1. The number of primary amides is 2. The number of amides is 11. The minimum absolute atomic E-state index is 0.0277. The van der Waals surface area contributed by atoms with Gasteiger partial charge in [-0.15, -0.1) is 0 Å². The Labute approximate surface area is 449 Å². The first-order valence-corrected chi connectivity index (χ1v) is 25.9. The Balaban J connectivity index is 1.49. The molecular formula is C50H75N13O15. The number of carboxylic acid groups (broad SMARTS) is 1. The zero-order valence-corrected chi connectivity index (χ0v) is 44.2. The van der Waals surface area contributed by atoms with Crippen molar-refractivity contribution in [3.05, 3.63) is 36.0 Å². The minimum atomic E-state index is -1.80. The number of nitrogens with zero attached hydrogens (tertiary/aromatic N) is 2. The smallest absolute Gasteiger partial charge is 0.326 e. The third-order valence-electron chi connectivity index (χ3n) is 13.4. The Morgan fingerprint density at radius 2 is 1.18 bits per heavy atom. The zero-order chi connectivity index (χ0) is 58.0. The van der Waals surface area contributed by atoms with Crippen LogP contribution in [0.5, 0.6) is 0 Å². The van der Waals surface area contributed by atoms with E-state index in [0.29, 0.717) is 29.3 Å². The summed E-state index contributed by atoms with van der Waals surface area (Å²) in [6.07, 6.45) is 1.74. The van der Waals surface area contributed by atoms with E-state index in [9.17, 15) is 72.9 Å². The first-order chi connectivity index (χ1) is 36.9.